The molecule has 0 saturated carbocycles. The number of unbranched alkanes of at least 4 members (excludes halogenated alkanes) is 3. The molecule has 2 aromatic rings. The van der Waals surface area contributed by atoms with Gasteiger partial charge in [-0.05, 0) is 43.9 Å². The van der Waals surface area contributed by atoms with Gasteiger partial charge in [0, 0.05) is 17.6 Å². The van der Waals surface area contributed by atoms with Crippen LogP contribution in [0.25, 0.3) is 10.9 Å². The molecular formula is C23H36N2O3. The van der Waals surface area contributed by atoms with Crippen LogP contribution in [0.15, 0.2) is 23.0 Å². The molecule has 1 aromatic heterocycles. The van der Waals surface area contributed by atoms with Gasteiger partial charge in [-0.1, -0.05) is 46.5 Å². The number of aromatic nitrogens is 1. The van der Waals surface area contributed by atoms with Crippen LogP contribution in [-0.4, -0.2) is 24.7 Å². The number of fused-ring (bicyclic) bond motifs is 1. The van der Waals surface area contributed by atoms with E-state index in [1.54, 1.807) is 0 Å². The molecule has 1 atom stereocenters. The second-order valence-corrected chi connectivity index (χ2v) is 7.52. The highest BCUT2D eigenvalue weighted by atomic mass is 16.5. The summed E-state index contributed by atoms with van der Waals surface area (Å²) in [6.07, 6.45) is 6.67. The Kier molecular flexibility index (Phi) is 9.18. The first-order valence-electron chi connectivity index (χ1n) is 10.8. The Morgan fingerprint density at radius 2 is 1.86 bits per heavy atom. The Hall–Kier alpha value is -2.17. The third-order valence-corrected chi connectivity index (χ3v) is 4.84. The van der Waals surface area contributed by atoms with Crippen molar-refractivity contribution in [2.45, 2.75) is 66.2 Å². The third kappa shape index (κ3) is 6.18. The number of benzene rings is 1. The van der Waals surface area contributed by atoms with Crippen molar-refractivity contribution in [1.82, 2.24) is 4.98 Å². The van der Waals surface area contributed by atoms with Crippen molar-refractivity contribution in [1.29, 1.82) is 0 Å². The molecule has 0 aliphatic carbocycles. The summed E-state index contributed by atoms with van der Waals surface area (Å²) in [5.41, 5.74) is 1.51. The normalized spacial score (nSPS) is 12.1. The van der Waals surface area contributed by atoms with Crippen LogP contribution in [0.2, 0.25) is 0 Å². The number of rotatable bonds is 13. The Labute approximate surface area is 168 Å². The van der Waals surface area contributed by atoms with E-state index in [0.29, 0.717) is 30.6 Å². The minimum absolute atomic E-state index is 0.228. The van der Waals surface area contributed by atoms with E-state index < -0.39 is 0 Å². The maximum Gasteiger partial charge on any atom is 0.294 e. The second kappa shape index (κ2) is 11.6. The summed E-state index contributed by atoms with van der Waals surface area (Å²) in [7, 11) is 0. The molecule has 5 nitrogen and oxygen atoms in total. The van der Waals surface area contributed by atoms with Gasteiger partial charge in [-0.2, -0.15) is 0 Å². The first kappa shape index (κ1) is 22.1. The van der Waals surface area contributed by atoms with Crippen molar-refractivity contribution >= 4 is 16.6 Å². The first-order chi connectivity index (χ1) is 13.6. The lowest BCUT2D eigenvalue weighted by molar-refractivity contribution is 0.228. The monoisotopic (exact) mass is 388 g/mol. The number of anilines is 1. The van der Waals surface area contributed by atoms with Gasteiger partial charge < -0.3 is 19.8 Å². The number of hydrogen-bond donors (Lipinski definition) is 2. The van der Waals surface area contributed by atoms with E-state index in [9.17, 15) is 4.79 Å². The number of H-pyrrole nitrogens is 1. The van der Waals surface area contributed by atoms with E-state index in [1.807, 2.05) is 25.1 Å². The van der Waals surface area contributed by atoms with E-state index in [0.717, 1.165) is 48.8 Å². The van der Waals surface area contributed by atoms with Gasteiger partial charge in [0.15, 0.2) is 5.75 Å². The van der Waals surface area contributed by atoms with Gasteiger partial charge in [-0.25, -0.2) is 0 Å². The zero-order valence-corrected chi connectivity index (χ0v) is 17.9. The number of ether oxygens (including phenoxy) is 2. The summed E-state index contributed by atoms with van der Waals surface area (Å²) >= 11 is 0. The predicted octanol–water partition coefficient (Wildman–Crippen LogP) is 5.73. The van der Waals surface area contributed by atoms with Gasteiger partial charge in [0.25, 0.3) is 5.56 Å². The van der Waals surface area contributed by atoms with E-state index >= 15 is 0 Å². The molecule has 0 bridgehead atoms. The molecule has 1 heterocycles. The van der Waals surface area contributed by atoms with Crippen molar-refractivity contribution in [3.8, 4) is 11.5 Å². The fraction of sp³-hybridized carbons (Fsp3) is 0.609. The summed E-state index contributed by atoms with van der Waals surface area (Å²) in [5.74, 6) is 1.28. The van der Waals surface area contributed by atoms with E-state index in [1.165, 1.54) is 12.8 Å². The van der Waals surface area contributed by atoms with Crippen molar-refractivity contribution < 1.29 is 9.47 Å². The molecule has 0 aliphatic heterocycles. The quantitative estimate of drug-likeness (QED) is 0.430. The highest BCUT2D eigenvalue weighted by molar-refractivity contribution is 5.89. The van der Waals surface area contributed by atoms with Crippen LogP contribution in [0.3, 0.4) is 0 Å². The van der Waals surface area contributed by atoms with Crippen molar-refractivity contribution in [3.63, 3.8) is 0 Å². The molecular weight excluding hydrogens is 352 g/mol. The molecule has 0 radical (unpaired) electrons. The number of hydrogen-bond acceptors (Lipinski definition) is 4. The molecule has 0 saturated heterocycles. The smallest absolute Gasteiger partial charge is 0.294 e. The van der Waals surface area contributed by atoms with Gasteiger partial charge in [0.05, 0.1) is 18.7 Å². The molecule has 2 N–H and O–H groups in total. The maximum absolute atomic E-state index is 12.7. The summed E-state index contributed by atoms with van der Waals surface area (Å²) in [6.45, 7) is 10.5. The van der Waals surface area contributed by atoms with E-state index in [4.69, 9.17) is 9.47 Å². The molecule has 0 aliphatic rings. The second-order valence-electron chi connectivity index (χ2n) is 7.52. The largest absolute Gasteiger partial charge is 0.489 e. The van der Waals surface area contributed by atoms with Gasteiger partial charge in [0.1, 0.15) is 0 Å². The number of aromatic amines is 1. The third-order valence-electron chi connectivity index (χ3n) is 4.84. The summed E-state index contributed by atoms with van der Waals surface area (Å²) in [6, 6.07) is 5.96. The average molecular weight is 389 g/mol. The molecule has 5 heteroatoms. The first-order valence-corrected chi connectivity index (χ1v) is 10.8. The van der Waals surface area contributed by atoms with Crippen LogP contribution >= 0.6 is 0 Å². The zero-order chi connectivity index (χ0) is 20.4. The van der Waals surface area contributed by atoms with Gasteiger partial charge in [-0.15, -0.1) is 0 Å². The molecule has 1 unspecified atom stereocenters. The summed E-state index contributed by atoms with van der Waals surface area (Å²) in [5, 5.41) is 4.16. The van der Waals surface area contributed by atoms with Crippen LogP contribution in [-0.2, 0) is 0 Å². The van der Waals surface area contributed by atoms with E-state index in [-0.39, 0.29) is 5.56 Å². The van der Waals surface area contributed by atoms with E-state index in [2.05, 4.69) is 31.1 Å². The maximum atomic E-state index is 12.7. The molecule has 0 spiro atoms. The van der Waals surface area contributed by atoms with Gasteiger partial charge in [-0.3, -0.25) is 4.79 Å². The lowest BCUT2D eigenvalue weighted by Crippen LogP contribution is -2.18. The predicted molar refractivity (Wildman–Crippen MR) is 118 cm³/mol. The van der Waals surface area contributed by atoms with Crippen LogP contribution in [0.1, 0.15) is 66.2 Å². The SMILES string of the molecule is CCCCCCOc1c(OCC(C)CCC)c(=O)[nH]c2cc(NCC)ccc12. The van der Waals surface area contributed by atoms with Crippen LogP contribution < -0.4 is 20.3 Å². The highest BCUT2D eigenvalue weighted by Gasteiger charge is 2.17. The fourth-order valence-electron chi connectivity index (χ4n) is 3.34. The molecule has 0 amide bonds. The number of nitrogens with one attached hydrogen (secondary N) is 2. The van der Waals surface area contributed by atoms with Crippen LogP contribution in [0.5, 0.6) is 11.5 Å². The molecule has 156 valence electrons. The molecule has 28 heavy (non-hydrogen) atoms. The zero-order valence-electron chi connectivity index (χ0n) is 17.9. The average Bonchev–Trinajstić information content (AvgIpc) is 2.67. The van der Waals surface area contributed by atoms with Crippen molar-refractivity contribution in [2.75, 3.05) is 25.1 Å². The molecule has 0 fully saturated rings. The molecule has 1 aromatic carbocycles. The van der Waals surface area contributed by atoms with Crippen LogP contribution in [0.4, 0.5) is 5.69 Å². The minimum Gasteiger partial charge on any atom is -0.489 e. The summed E-state index contributed by atoms with van der Waals surface area (Å²) < 4.78 is 12.1. The lowest BCUT2D eigenvalue weighted by Gasteiger charge is -2.17. The minimum atomic E-state index is -0.228. The standard InChI is InChI=1S/C23H36N2O3/c1-5-8-9-10-14-27-21-19-13-12-18(24-7-3)15-20(19)25-23(26)22(21)28-16-17(4)11-6-2/h12-13,15,17,24H,5-11,14,16H2,1-4H3,(H,25,26). The Balaban J connectivity index is 2.32. The highest BCUT2D eigenvalue weighted by Crippen LogP contribution is 2.33. The fourth-order valence-corrected chi connectivity index (χ4v) is 3.34. The number of pyridine rings is 1. The van der Waals surface area contributed by atoms with Crippen molar-refractivity contribution in [2.24, 2.45) is 5.92 Å². The Morgan fingerprint density at radius 3 is 2.57 bits per heavy atom. The van der Waals surface area contributed by atoms with Gasteiger partial charge in [0.2, 0.25) is 5.75 Å². The lowest BCUT2D eigenvalue weighted by atomic mass is 10.1. The van der Waals surface area contributed by atoms with Crippen molar-refractivity contribution in [3.05, 3.63) is 28.6 Å². The Bertz CT molecular complexity index is 785. The Morgan fingerprint density at radius 1 is 1.04 bits per heavy atom. The van der Waals surface area contributed by atoms with Crippen LogP contribution in [0, 0.1) is 5.92 Å². The molecule has 2 rings (SSSR count). The van der Waals surface area contributed by atoms with Gasteiger partial charge >= 0.3 is 0 Å². The topological polar surface area (TPSA) is 63.4 Å². The summed E-state index contributed by atoms with van der Waals surface area (Å²) in [4.78, 5) is 15.7.